The van der Waals surface area contributed by atoms with E-state index >= 15 is 0 Å². The first-order valence-corrected chi connectivity index (χ1v) is 23.7. The summed E-state index contributed by atoms with van der Waals surface area (Å²) in [5, 5.41) is 80.9. The predicted molar refractivity (Wildman–Crippen MR) is 234 cm³/mol. The Morgan fingerprint density at radius 2 is 1.48 bits per heavy atom. The van der Waals surface area contributed by atoms with Crippen molar-refractivity contribution in [3.63, 3.8) is 0 Å². The number of benzene rings is 1. The molecule has 66 heavy (non-hydrogen) atoms. The van der Waals surface area contributed by atoms with E-state index < -0.39 is 106 Å². The first-order chi connectivity index (χ1) is 30.3. The zero-order chi connectivity index (χ0) is 48.6. The standard InChI is InChI=1S/C42H70O11.C7H6O5.Na/c1-11-29(38(46)47)31-15-14-23(4)36(50-31)27(8)34(44)26(7)35(45)30(12-2)37-24(5)22-25(6)41(51-37)19-16-32(43)42(53-41)21-20-39(10,52-42)33-17-18-40(48,13-3)28(9)49-33;8-4-1-3(7(11)12)2-5(9)6(4)10;/h16,19,23-34,36-37,43-44,48H,11-15,17-18,20-22H2,1-10H3,(H,46,47);1-2,8-10H,(H,11,12);/q;;+1/p-1. The number of aromatic hydroxyl groups is 3. The Morgan fingerprint density at radius 3 is 2.03 bits per heavy atom. The largest absolute Gasteiger partial charge is 1.00 e. The van der Waals surface area contributed by atoms with Crippen LogP contribution in [-0.4, -0.2) is 119 Å². The van der Waals surface area contributed by atoms with Crippen LogP contribution < -0.4 is 34.7 Å². The zero-order valence-corrected chi connectivity index (χ0v) is 42.8. The summed E-state index contributed by atoms with van der Waals surface area (Å²) >= 11 is 0. The molecule has 4 fully saturated rings. The number of hydrogen-bond donors (Lipinski definition) is 7. The number of phenolic OH excluding ortho intramolecular Hbond substituents is 3. The Kier molecular flexibility index (Phi) is 18.9. The number of aromatic carboxylic acids is 1. The first kappa shape index (κ1) is 56.2. The third-order valence-corrected chi connectivity index (χ3v) is 15.7. The minimum absolute atomic E-state index is 0. The molecule has 17 heteroatoms. The molecule has 5 aliphatic rings. The van der Waals surface area contributed by atoms with Gasteiger partial charge < -0.3 is 69.3 Å². The summed E-state index contributed by atoms with van der Waals surface area (Å²) in [6.45, 7) is 19.5. The minimum atomic E-state index is -1.37. The van der Waals surface area contributed by atoms with Crippen molar-refractivity contribution in [2.45, 2.75) is 199 Å². The van der Waals surface area contributed by atoms with Crippen molar-refractivity contribution in [3.05, 3.63) is 29.8 Å². The molecule has 0 saturated carbocycles. The van der Waals surface area contributed by atoms with Crippen LogP contribution in [0, 0.1) is 41.4 Å². The van der Waals surface area contributed by atoms with Gasteiger partial charge in [0, 0.05) is 42.0 Å². The third-order valence-electron chi connectivity index (χ3n) is 15.7. The van der Waals surface area contributed by atoms with Crippen LogP contribution in [0.15, 0.2) is 24.3 Å². The van der Waals surface area contributed by atoms with Crippen LogP contribution in [0.1, 0.15) is 144 Å². The van der Waals surface area contributed by atoms with Crippen LogP contribution >= 0.6 is 0 Å². The van der Waals surface area contributed by atoms with Crippen LogP contribution in [0.25, 0.3) is 0 Å². The number of hydrogen-bond acceptors (Lipinski definition) is 15. The third kappa shape index (κ3) is 11.3. The van der Waals surface area contributed by atoms with Crippen LogP contribution in [0.2, 0.25) is 0 Å². The fourth-order valence-electron chi connectivity index (χ4n) is 11.2. The summed E-state index contributed by atoms with van der Waals surface area (Å²) in [5.74, 6) is -9.57. The Labute approximate surface area is 411 Å². The van der Waals surface area contributed by atoms with E-state index in [0.29, 0.717) is 57.8 Å². The molecule has 368 valence electrons. The molecule has 0 aliphatic carbocycles. The van der Waals surface area contributed by atoms with Crippen molar-refractivity contribution in [2.24, 2.45) is 41.4 Å². The van der Waals surface area contributed by atoms with Gasteiger partial charge in [0.15, 0.2) is 23.0 Å². The summed E-state index contributed by atoms with van der Waals surface area (Å²) in [6, 6.07) is 1.69. The quantitative estimate of drug-likeness (QED) is 0.0851. The van der Waals surface area contributed by atoms with Gasteiger partial charge in [-0.2, -0.15) is 0 Å². The number of Topliss-reactive ketones (excluding diaryl/α,β-unsaturated/α-hetero) is 1. The van der Waals surface area contributed by atoms with Gasteiger partial charge in [-0.3, -0.25) is 4.79 Å². The average molecular weight is 943 g/mol. The molecule has 2 spiro atoms. The maximum absolute atomic E-state index is 14.4. The topological polar surface area (TPSA) is 262 Å². The Balaban J connectivity index is 0.000000636. The van der Waals surface area contributed by atoms with Crippen molar-refractivity contribution < 1.29 is 108 Å². The molecular formula is C49H75NaO16. The predicted octanol–water partition coefficient (Wildman–Crippen LogP) is 2.36. The Bertz CT molecular complexity index is 1860. The number of carboxylic acids is 2. The second-order valence-electron chi connectivity index (χ2n) is 20.1. The second-order valence-corrected chi connectivity index (χ2v) is 20.1. The van der Waals surface area contributed by atoms with Gasteiger partial charge in [0.25, 0.3) is 0 Å². The van der Waals surface area contributed by atoms with E-state index in [2.05, 4.69) is 20.8 Å². The fraction of sp³-hybridized carbons (Fsp3) is 0.776. The van der Waals surface area contributed by atoms with E-state index in [1.54, 1.807) is 19.1 Å². The molecule has 5 aliphatic heterocycles. The van der Waals surface area contributed by atoms with Crippen molar-refractivity contribution in [1.29, 1.82) is 0 Å². The summed E-state index contributed by atoms with van der Waals surface area (Å²) in [7, 11) is 0. The number of phenols is 3. The molecule has 1 aromatic carbocycles. The van der Waals surface area contributed by atoms with E-state index in [-0.39, 0.29) is 70.9 Å². The molecule has 7 N–H and O–H groups in total. The molecule has 5 heterocycles. The molecule has 0 aromatic heterocycles. The normalized spacial score (nSPS) is 38.8. The smallest absolute Gasteiger partial charge is 0.550 e. The number of ketones is 1. The number of carboxylic acid groups (broad SMARTS) is 2. The van der Waals surface area contributed by atoms with Crippen molar-refractivity contribution >= 4 is 17.7 Å². The molecule has 4 saturated heterocycles. The van der Waals surface area contributed by atoms with Crippen molar-refractivity contribution in [1.82, 2.24) is 0 Å². The summed E-state index contributed by atoms with van der Waals surface area (Å²) in [4.78, 5) is 36.6. The molecule has 18 atom stereocenters. The van der Waals surface area contributed by atoms with Gasteiger partial charge >= 0.3 is 35.5 Å². The van der Waals surface area contributed by atoms with Crippen molar-refractivity contribution in [2.75, 3.05) is 0 Å². The molecule has 16 nitrogen and oxygen atoms in total. The molecule has 1 aromatic rings. The minimum Gasteiger partial charge on any atom is -0.550 e. The number of carbonyl (C=O) groups is 3. The molecule has 0 radical (unpaired) electrons. The Morgan fingerprint density at radius 1 is 0.864 bits per heavy atom. The number of aliphatic hydroxyl groups is 3. The van der Waals surface area contributed by atoms with Gasteiger partial charge in [-0.05, 0) is 108 Å². The summed E-state index contributed by atoms with van der Waals surface area (Å²) in [6.07, 6.45) is 5.22. The van der Waals surface area contributed by atoms with Crippen LogP contribution in [0.5, 0.6) is 17.2 Å². The first-order valence-electron chi connectivity index (χ1n) is 23.7. The number of aliphatic carboxylic acids is 1. The van der Waals surface area contributed by atoms with Crippen LogP contribution in [-0.2, 0) is 33.3 Å². The molecule has 0 amide bonds. The maximum atomic E-state index is 14.4. The molecule has 0 bridgehead atoms. The second kappa shape index (κ2) is 22.2. The molecular weight excluding hydrogens is 868 g/mol. The summed E-state index contributed by atoms with van der Waals surface area (Å²) in [5.41, 5.74) is -1.92. The van der Waals surface area contributed by atoms with Gasteiger partial charge in [0.05, 0.1) is 53.4 Å². The van der Waals surface area contributed by atoms with E-state index in [0.717, 1.165) is 18.6 Å². The average Bonchev–Trinajstić information content (AvgIpc) is 3.61. The fourth-order valence-corrected chi connectivity index (χ4v) is 11.2. The van der Waals surface area contributed by atoms with Gasteiger partial charge in [-0.1, -0.05) is 55.4 Å². The van der Waals surface area contributed by atoms with Crippen LogP contribution in [0.3, 0.4) is 0 Å². The van der Waals surface area contributed by atoms with E-state index in [1.165, 1.54) is 0 Å². The van der Waals surface area contributed by atoms with Gasteiger partial charge in [-0.25, -0.2) is 4.79 Å². The molecule has 18 unspecified atom stereocenters. The summed E-state index contributed by atoms with van der Waals surface area (Å²) < 4.78 is 33.4. The number of rotatable bonds is 13. The zero-order valence-electron chi connectivity index (χ0n) is 40.8. The van der Waals surface area contributed by atoms with E-state index in [9.17, 15) is 34.8 Å². The molecule has 6 rings (SSSR count). The van der Waals surface area contributed by atoms with E-state index in [4.69, 9.17) is 44.1 Å². The van der Waals surface area contributed by atoms with Gasteiger partial charge in [0.1, 0.15) is 11.9 Å². The number of ether oxygens (including phenoxy) is 5. The number of carbonyl (C=O) groups excluding carboxylic acids is 2. The van der Waals surface area contributed by atoms with Gasteiger partial charge in [-0.15, -0.1) is 0 Å². The van der Waals surface area contributed by atoms with Gasteiger partial charge in [0.2, 0.25) is 5.79 Å². The number of aliphatic hydroxyl groups excluding tert-OH is 2. The monoisotopic (exact) mass is 942 g/mol. The Hall–Kier alpha value is -2.35. The van der Waals surface area contributed by atoms with Crippen molar-refractivity contribution in [3.8, 4) is 17.2 Å². The van der Waals surface area contributed by atoms with E-state index in [1.807, 2.05) is 41.5 Å². The van der Waals surface area contributed by atoms with Crippen LogP contribution in [0.4, 0.5) is 0 Å². The maximum Gasteiger partial charge on any atom is 1.00 e. The SMILES string of the molecule is CCC(C(=O)[O-])C1CCC(C)C(C(C)C(O)C(C)C(=O)C(CC)C2OC3(C=CC(O)C4(CCC(C)(C5CCC(O)(CC)C(C)O5)O4)O3)C(C)CC2C)O1.O=C(O)c1cc(O)c(O)c(O)c1.[Na+].